The Bertz CT molecular complexity index is 902. The summed E-state index contributed by atoms with van der Waals surface area (Å²) < 4.78 is 5.66. The quantitative estimate of drug-likeness (QED) is 0.538. The van der Waals surface area contributed by atoms with Crippen LogP contribution < -0.4 is 10.5 Å². The van der Waals surface area contributed by atoms with Crippen LogP contribution in [-0.2, 0) is 6.42 Å². The minimum Gasteiger partial charge on any atom is -0.496 e. The van der Waals surface area contributed by atoms with E-state index in [9.17, 15) is 0 Å². The molecule has 3 aromatic rings. The lowest BCUT2D eigenvalue weighted by Crippen LogP contribution is -2.00. The Morgan fingerprint density at radius 1 is 1.16 bits per heavy atom. The molecule has 0 radical (unpaired) electrons. The number of aromatic nitrogens is 1. The first-order chi connectivity index (χ1) is 12.1. The maximum absolute atomic E-state index is 6.53. The number of nitrogens with one attached hydrogen (secondary N) is 1. The van der Waals surface area contributed by atoms with E-state index in [1.165, 1.54) is 5.56 Å². The van der Waals surface area contributed by atoms with Gasteiger partial charge in [-0.2, -0.15) is 0 Å². The highest BCUT2D eigenvalue weighted by molar-refractivity contribution is 6.39. The molecular weight excluding hydrogens is 355 g/mol. The first-order valence-corrected chi connectivity index (χ1v) is 9.16. The van der Waals surface area contributed by atoms with E-state index < -0.39 is 0 Å². The van der Waals surface area contributed by atoms with Crippen LogP contribution in [0.15, 0.2) is 30.3 Å². The van der Waals surface area contributed by atoms with Gasteiger partial charge >= 0.3 is 0 Å². The molecule has 3 N–H and O–H groups in total. The molecule has 0 saturated heterocycles. The predicted molar refractivity (Wildman–Crippen MR) is 107 cm³/mol. The number of hydrogen-bond acceptors (Lipinski definition) is 2. The summed E-state index contributed by atoms with van der Waals surface area (Å²) in [5.41, 5.74) is 11.0. The Morgan fingerprint density at radius 2 is 1.96 bits per heavy atom. The summed E-state index contributed by atoms with van der Waals surface area (Å²) in [5.74, 6) is 0.872. The van der Waals surface area contributed by atoms with E-state index in [0.29, 0.717) is 16.6 Å². The Kier molecular flexibility index (Phi) is 5.57. The Morgan fingerprint density at radius 3 is 2.68 bits per heavy atom. The smallest absolute Gasteiger partial charge is 0.131 e. The number of unbranched alkanes of at least 4 members (excludes halogenated alkanes) is 1. The molecule has 5 heteroatoms. The number of H-pyrrole nitrogens is 1. The van der Waals surface area contributed by atoms with Gasteiger partial charge in [-0.05, 0) is 62.1 Å². The van der Waals surface area contributed by atoms with Gasteiger partial charge in [-0.15, -0.1) is 0 Å². The van der Waals surface area contributed by atoms with Gasteiger partial charge in [0.1, 0.15) is 5.75 Å². The van der Waals surface area contributed by atoms with Crippen LogP contribution in [0, 0.1) is 6.92 Å². The van der Waals surface area contributed by atoms with Crippen LogP contribution >= 0.6 is 23.2 Å². The predicted octanol–water partition coefficient (Wildman–Crippen LogP) is 5.74. The summed E-state index contributed by atoms with van der Waals surface area (Å²) in [6, 6.07) is 9.86. The Labute approximate surface area is 158 Å². The average molecular weight is 377 g/mol. The van der Waals surface area contributed by atoms with Gasteiger partial charge in [-0.25, -0.2) is 0 Å². The van der Waals surface area contributed by atoms with E-state index in [1.807, 2.05) is 25.1 Å². The number of benzene rings is 2. The van der Waals surface area contributed by atoms with Gasteiger partial charge in [0, 0.05) is 21.5 Å². The normalized spacial score (nSPS) is 11.2. The molecule has 0 aliphatic rings. The number of aryl methyl sites for hydroxylation is 2. The van der Waals surface area contributed by atoms with Crippen molar-refractivity contribution in [2.45, 2.75) is 26.2 Å². The first kappa shape index (κ1) is 18.1. The van der Waals surface area contributed by atoms with Crippen molar-refractivity contribution in [1.29, 1.82) is 0 Å². The van der Waals surface area contributed by atoms with Crippen molar-refractivity contribution in [2.24, 2.45) is 5.73 Å². The molecule has 132 valence electrons. The first-order valence-electron chi connectivity index (χ1n) is 8.40. The van der Waals surface area contributed by atoms with Gasteiger partial charge in [0.15, 0.2) is 0 Å². The second kappa shape index (κ2) is 7.69. The monoisotopic (exact) mass is 376 g/mol. The number of ether oxygens (including phenoxy) is 1. The molecule has 1 heterocycles. The summed E-state index contributed by atoms with van der Waals surface area (Å²) in [4.78, 5) is 3.51. The fraction of sp³-hybridized carbons (Fsp3) is 0.300. The molecule has 0 saturated carbocycles. The largest absolute Gasteiger partial charge is 0.496 e. The van der Waals surface area contributed by atoms with Gasteiger partial charge in [0.05, 0.1) is 17.8 Å². The highest BCUT2D eigenvalue weighted by Crippen LogP contribution is 2.41. The SMILES string of the molecule is COc1c(C)cccc1-c1[nH]c2cc(Cl)cc(Cl)c2c1CCCCN. The molecule has 0 aliphatic carbocycles. The Hall–Kier alpha value is -1.68. The minimum atomic E-state index is 0.620. The van der Waals surface area contributed by atoms with Gasteiger partial charge < -0.3 is 15.5 Å². The molecule has 3 nitrogen and oxygen atoms in total. The molecule has 0 aliphatic heterocycles. The van der Waals surface area contributed by atoms with Crippen molar-refractivity contribution in [1.82, 2.24) is 4.98 Å². The number of fused-ring (bicyclic) bond motifs is 1. The lowest BCUT2D eigenvalue weighted by Gasteiger charge is -2.12. The minimum absolute atomic E-state index is 0.620. The Balaban J connectivity index is 2.25. The van der Waals surface area contributed by atoms with Crippen LogP contribution in [0.2, 0.25) is 10.0 Å². The zero-order chi connectivity index (χ0) is 18.0. The van der Waals surface area contributed by atoms with Gasteiger partial charge in [0.25, 0.3) is 0 Å². The maximum atomic E-state index is 6.53. The molecule has 0 unspecified atom stereocenters. The van der Waals surface area contributed by atoms with Crippen molar-refractivity contribution in [3.8, 4) is 17.0 Å². The van der Waals surface area contributed by atoms with Crippen LogP contribution in [0.1, 0.15) is 24.0 Å². The number of para-hydroxylation sites is 1. The highest BCUT2D eigenvalue weighted by Gasteiger charge is 2.19. The van der Waals surface area contributed by atoms with Crippen molar-refractivity contribution in [2.75, 3.05) is 13.7 Å². The summed E-state index contributed by atoms with van der Waals surface area (Å²) >= 11 is 12.7. The molecule has 3 rings (SSSR count). The summed E-state index contributed by atoms with van der Waals surface area (Å²) in [5, 5.41) is 2.32. The van der Waals surface area contributed by atoms with Crippen molar-refractivity contribution < 1.29 is 4.74 Å². The van der Waals surface area contributed by atoms with Crippen LogP contribution in [-0.4, -0.2) is 18.6 Å². The average Bonchev–Trinajstić information content (AvgIpc) is 2.93. The van der Waals surface area contributed by atoms with Gasteiger partial charge in [0.2, 0.25) is 0 Å². The lowest BCUT2D eigenvalue weighted by atomic mass is 9.98. The topological polar surface area (TPSA) is 51.0 Å². The summed E-state index contributed by atoms with van der Waals surface area (Å²) in [6.45, 7) is 2.73. The third kappa shape index (κ3) is 3.50. The molecular formula is C20H22Cl2N2O. The molecule has 0 amide bonds. The number of methoxy groups -OCH3 is 1. The maximum Gasteiger partial charge on any atom is 0.131 e. The van der Waals surface area contributed by atoms with Crippen LogP contribution in [0.25, 0.3) is 22.2 Å². The lowest BCUT2D eigenvalue weighted by molar-refractivity contribution is 0.413. The van der Waals surface area contributed by atoms with Crippen molar-refractivity contribution in [3.05, 3.63) is 51.5 Å². The zero-order valence-electron chi connectivity index (χ0n) is 14.5. The van der Waals surface area contributed by atoms with Gasteiger partial charge in [-0.1, -0.05) is 35.3 Å². The molecule has 0 fully saturated rings. The molecule has 0 atom stereocenters. The number of hydrogen-bond donors (Lipinski definition) is 2. The van der Waals surface area contributed by atoms with Crippen LogP contribution in [0.5, 0.6) is 5.75 Å². The fourth-order valence-electron chi connectivity index (χ4n) is 3.36. The van der Waals surface area contributed by atoms with E-state index in [0.717, 1.165) is 52.7 Å². The molecule has 25 heavy (non-hydrogen) atoms. The van der Waals surface area contributed by atoms with E-state index in [1.54, 1.807) is 13.2 Å². The second-order valence-corrected chi connectivity index (χ2v) is 7.03. The van der Waals surface area contributed by atoms with Crippen molar-refractivity contribution in [3.63, 3.8) is 0 Å². The second-order valence-electron chi connectivity index (χ2n) is 6.19. The third-order valence-corrected chi connectivity index (χ3v) is 5.00. The summed E-state index contributed by atoms with van der Waals surface area (Å²) in [6.07, 6.45) is 2.87. The van der Waals surface area contributed by atoms with Crippen LogP contribution in [0.3, 0.4) is 0 Å². The fourth-order valence-corrected chi connectivity index (χ4v) is 3.97. The number of rotatable bonds is 6. The van der Waals surface area contributed by atoms with Gasteiger partial charge in [-0.3, -0.25) is 0 Å². The summed E-state index contributed by atoms with van der Waals surface area (Å²) in [7, 11) is 1.70. The van der Waals surface area contributed by atoms with Crippen molar-refractivity contribution >= 4 is 34.1 Å². The standard InChI is InChI=1S/C20H22Cl2N2O/c1-12-6-5-8-15(20(12)25-2)19-14(7-3-4-9-23)18-16(22)10-13(21)11-17(18)24-19/h5-6,8,10-11,24H,3-4,7,9,23H2,1-2H3. The third-order valence-electron chi connectivity index (χ3n) is 4.48. The van der Waals surface area contributed by atoms with E-state index in [2.05, 4.69) is 11.1 Å². The van der Waals surface area contributed by atoms with E-state index in [-0.39, 0.29) is 0 Å². The molecule has 1 aromatic heterocycles. The molecule has 0 spiro atoms. The zero-order valence-corrected chi connectivity index (χ0v) is 16.0. The number of nitrogens with two attached hydrogens (primary N) is 1. The number of aromatic amines is 1. The van der Waals surface area contributed by atoms with E-state index >= 15 is 0 Å². The van der Waals surface area contributed by atoms with E-state index in [4.69, 9.17) is 33.7 Å². The molecule has 0 bridgehead atoms. The molecule has 2 aromatic carbocycles. The number of halogens is 2. The highest BCUT2D eigenvalue weighted by atomic mass is 35.5. The van der Waals surface area contributed by atoms with Crippen LogP contribution in [0.4, 0.5) is 0 Å².